The maximum atomic E-state index is 11.0. The summed E-state index contributed by atoms with van der Waals surface area (Å²) in [6, 6.07) is 8.26. The van der Waals surface area contributed by atoms with Crippen molar-refractivity contribution in [1.82, 2.24) is 10.6 Å². The van der Waals surface area contributed by atoms with Crippen molar-refractivity contribution in [1.29, 1.82) is 0 Å². The summed E-state index contributed by atoms with van der Waals surface area (Å²) in [5, 5.41) is 6.52. The highest BCUT2D eigenvalue weighted by Gasteiger charge is 2.01. The second-order valence-electron chi connectivity index (χ2n) is 5.08. The van der Waals surface area contributed by atoms with Crippen LogP contribution in [0.3, 0.4) is 0 Å². The zero-order valence-electron chi connectivity index (χ0n) is 13.8. The molecular weight excluding hydrogens is 278 g/mol. The average molecular weight is 305 g/mol. The smallest absolute Gasteiger partial charge is 0.305 e. The molecule has 122 valence electrons. The Morgan fingerprint density at radius 1 is 1.23 bits per heavy atom. The molecule has 5 heteroatoms. The number of esters is 1. The van der Waals surface area contributed by atoms with Crippen molar-refractivity contribution in [3.05, 3.63) is 35.4 Å². The van der Waals surface area contributed by atoms with Crippen LogP contribution in [-0.2, 0) is 16.1 Å². The molecule has 0 radical (unpaired) electrons. The molecule has 0 amide bonds. The van der Waals surface area contributed by atoms with Gasteiger partial charge in [-0.15, -0.1) is 0 Å². The lowest BCUT2D eigenvalue weighted by molar-refractivity contribution is -0.140. The van der Waals surface area contributed by atoms with Gasteiger partial charge in [-0.05, 0) is 37.8 Å². The number of methoxy groups -OCH3 is 1. The second kappa shape index (κ2) is 10.7. The van der Waals surface area contributed by atoms with Crippen LogP contribution in [-0.4, -0.2) is 32.1 Å². The first kappa shape index (κ1) is 18.0. The number of unbranched alkanes of at least 4 members (excludes halogenated alkanes) is 1. The molecule has 0 atom stereocenters. The SMILES string of the molecule is CCNC(=NCc1ccccc1C)NCCCCC(=O)OC. The molecule has 0 fully saturated rings. The predicted molar refractivity (Wildman–Crippen MR) is 89.9 cm³/mol. The fourth-order valence-corrected chi connectivity index (χ4v) is 2.00. The highest BCUT2D eigenvalue weighted by atomic mass is 16.5. The van der Waals surface area contributed by atoms with Crippen LogP contribution in [0.2, 0.25) is 0 Å². The number of aryl methyl sites for hydroxylation is 1. The van der Waals surface area contributed by atoms with E-state index >= 15 is 0 Å². The van der Waals surface area contributed by atoms with Gasteiger partial charge in [0.2, 0.25) is 0 Å². The van der Waals surface area contributed by atoms with Crippen LogP contribution >= 0.6 is 0 Å². The number of nitrogens with zero attached hydrogens (tertiary/aromatic N) is 1. The Morgan fingerprint density at radius 3 is 2.68 bits per heavy atom. The Bertz CT molecular complexity index is 487. The highest BCUT2D eigenvalue weighted by molar-refractivity contribution is 5.79. The lowest BCUT2D eigenvalue weighted by atomic mass is 10.1. The summed E-state index contributed by atoms with van der Waals surface area (Å²) in [6.45, 7) is 6.41. The molecule has 0 aliphatic heterocycles. The van der Waals surface area contributed by atoms with E-state index in [2.05, 4.69) is 39.4 Å². The van der Waals surface area contributed by atoms with Crippen molar-refractivity contribution in [2.24, 2.45) is 4.99 Å². The van der Waals surface area contributed by atoms with Gasteiger partial charge in [-0.25, -0.2) is 4.99 Å². The summed E-state index contributed by atoms with van der Waals surface area (Å²) < 4.78 is 4.62. The topological polar surface area (TPSA) is 62.7 Å². The molecule has 1 aromatic rings. The van der Waals surface area contributed by atoms with Crippen molar-refractivity contribution in [3.63, 3.8) is 0 Å². The molecule has 0 saturated carbocycles. The maximum absolute atomic E-state index is 11.0. The summed E-state index contributed by atoms with van der Waals surface area (Å²) in [4.78, 5) is 15.6. The van der Waals surface area contributed by atoms with Crippen molar-refractivity contribution in [2.75, 3.05) is 20.2 Å². The number of aliphatic imine (C=N–C) groups is 1. The first-order valence-corrected chi connectivity index (χ1v) is 7.81. The normalized spacial score (nSPS) is 11.1. The number of hydrogen-bond acceptors (Lipinski definition) is 3. The third kappa shape index (κ3) is 7.11. The van der Waals surface area contributed by atoms with E-state index in [0.29, 0.717) is 13.0 Å². The Labute approximate surface area is 133 Å². The van der Waals surface area contributed by atoms with Crippen molar-refractivity contribution >= 4 is 11.9 Å². The fraction of sp³-hybridized carbons (Fsp3) is 0.529. The van der Waals surface area contributed by atoms with E-state index in [4.69, 9.17) is 0 Å². The van der Waals surface area contributed by atoms with E-state index in [-0.39, 0.29) is 5.97 Å². The fourth-order valence-electron chi connectivity index (χ4n) is 2.00. The van der Waals surface area contributed by atoms with Crippen molar-refractivity contribution in [2.45, 2.75) is 39.7 Å². The Kier molecular flexibility index (Phi) is 8.72. The molecule has 0 spiro atoms. The van der Waals surface area contributed by atoms with Crippen LogP contribution in [0.5, 0.6) is 0 Å². The summed E-state index contributed by atoms with van der Waals surface area (Å²) in [7, 11) is 1.42. The molecular formula is C17H27N3O2. The number of rotatable bonds is 8. The number of carbonyl (C=O) groups excluding carboxylic acids is 1. The molecule has 0 unspecified atom stereocenters. The number of ether oxygens (including phenoxy) is 1. The monoisotopic (exact) mass is 305 g/mol. The largest absolute Gasteiger partial charge is 0.469 e. The molecule has 1 rings (SSSR count). The molecule has 22 heavy (non-hydrogen) atoms. The number of benzene rings is 1. The quantitative estimate of drug-likeness (QED) is 0.335. The van der Waals surface area contributed by atoms with Crippen LogP contribution in [0.1, 0.15) is 37.3 Å². The highest BCUT2D eigenvalue weighted by Crippen LogP contribution is 2.07. The molecule has 0 aliphatic rings. The molecule has 0 bridgehead atoms. The minimum atomic E-state index is -0.153. The van der Waals surface area contributed by atoms with Gasteiger partial charge in [0.05, 0.1) is 13.7 Å². The minimum absolute atomic E-state index is 0.153. The van der Waals surface area contributed by atoms with Crippen LogP contribution in [0, 0.1) is 6.92 Å². The zero-order valence-corrected chi connectivity index (χ0v) is 13.8. The number of nitrogens with one attached hydrogen (secondary N) is 2. The summed E-state index contributed by atoms with van der Waals surface area (Å²) in [5.74, 6) is 0.656. The van der Waals surface area contributed by atoms with Gasteiger partial charge in [-0.3, -0.25) is 4.79 Å². The second-order valence-corrected chi connectivity index (χ2v) is 5.08. The Hall–Kier alpha value is -2.04. The van der Waals surface area contributed by atoms with Gasteiger partial charge in [0.15, 0.2) is 5.96 Å². The third-order valence-electron chi connectivity index (χ3n) is 3.34. The Morgan fingerprint density at radius 2 is 2.00 bits per heavy atom. The Balaban J connectivity index is 2.39. The van der Waals surface area contributed by atoms with E-state index in [0.717, 1.165) is 31.9 Å². The molecule has 0 saturated heterocycles. The van der Waals surface area contributed by atoms with Crippen LogP contribution in [0.4, 0.5) is 0 Å². The van der Waals surface area contributed by atoms with Gasteiger partial charge in [0, 0.05) is 19.5 Å². The van der Waals surface area contributed by atoms with E-state index in [1.807, 2.05) is 19.1 Å². The van der Waals surface area contributed by atoms with Gasteiger partial charge >= 0.3 is 5.97 Å². The van der Waals surface area contributed by atoms with E-state index in [9.17, 15) is 4.79 Å². The first-order chi connectivity index (χ1) is 10.7. The lowest BCUT2D eigenvalue weighted by Crippen LogP contribution is -2.37. The van der Waals surface area contributed by atoms with Gasteiger partial charge in [0.25, 0.3) is 0 Å². The molecule has 1 aromatic carbocycles. The first-order valence-electron chi connectivity index (χ1n) is 7.81. The van der Waals surface area contributed by atoms with E-state index in [1.165, 1.54) is 18.2 Å². The maximum Gasteiger partial charge on any atom is 0.305 e. The van der Waals surface area contributed by atoms with Crippen LogP contribution < -0.4 is 10.6 Å². The zero-order chi connectivity index (χ0) is 16.2. The summed E-state index contributed by atoms with van der Waals surface area (Å²) in [5.41, 5.74) is 2.48. The molecule has 0 aromatic heterocycles. The number of guanidine groups is 1. The van der Waals surface area contributed by atoms with Gasteiger partial charge in [-0.1, -0.05) is 24.3 Å². The van der Waals surface area contributed by atoms with E-state index < -0.39 is 0 Å². The molecule has 0 aliphatic carbocycles. The predicted octanol–water partition coefficient (Wildman–Crippen LogP) is 2.39. The van der Waals surface area contributed by atoms with Gasteiger partial charge in [0.1, 0.15) is 0 Å². The summed E-state index contributed by atoms with van der Waals surface area (Å²) in [6.07, 6.45) is 2.19. The van der Waals surface area contributed by atoms with Gasteiger partial charge in [-0.2, -0.15) is 0 Å². The minimum Gasteiger partial charge on any atom is -0.469 e. The van der Waals surface area contributed by atoms with Crippen molar-refractivity contribution in [3.8, 4) is 0 Å². The van der Waals surface area contributed by atoms with Crippen LogP contribution in [0.25, 0.3) is 0 Å². The average Bonchev–Trinajstić information content (AvgIpc) is 2.53. The number of carbonyl (C=O) groups is 1. The molecule has 5 nitrogen and oxygen atoms in total. The lowest BCUT2D eigenvalue weighted by Gasteiger charge is -2.11. The summed E-state index contributed by atoms with van der Waals surface area (Å²) >= 11 is 0. The van der Waals surface area contributed by atoms with Gasteiger partial charge < -0.3 is 15.4 Å². The van der Waals surface area contributed by atoms with Crippen molar-refractivity contribution < 1.29 is 9.53 Å². The number of hydrogen-bond donors (Lipinski definition) is 2. The van der Waals surface area contributed by atoms with E-state index in [1.54, 1.807) is 0 Å². The third-order valence-corrected chi connectivity index (χ3v) is 3.34. The standard InChI is InChI=1S/C17H27N3O2/c1-4-18-17(19-12-8-7-11-16(21)22-3)20-13-15-10-6-5-9-14(15)2/h5-6,9-10H,4,7-8,11-13H2,1-3H3,(H2,18,19,20). The molecule has 2 N–H and O–H groups in total. The molecule has 0 heterocycles. The van der Waals surface area contributed by atoms with Crippen LogP contribution in [0.15, 0.2) is 29.3 Å².